The van der Waals surface area contributed by atoms with Crippen molar-refractivity contribution in [3.63, 3.8) is 0 Å². The Morgan fingerprint density at radius 3 is 2.75 bits per heavy atom. The second-order valence-corrected chi connectivity index (χ2v) is 4.08. The number of nitrogens with two attached hydrogens (primary N) is 1. The largest absolute Gasteiger partial charge is 0.663 e. The van der Waals surface area contributed by atoms with Gasteiger partial charge in [-0.2, -0.15) is 0 Å². The molecule has 1 rings (SSSR count). The molecular formula is C11H16N2O2P+. The zero-order chi connectivity index (χ0) is 11.6. The summed E-state index contributed by atoms with van der Waals surface area (Å²) in [6.07, 6.45) is 4.60. The van der Waals surface area contributed by atoms with Crippen molar-refractivity contribution in [2.45, 2.75) is 6.42 Å². The van der Waals surface area contributed by atoms with Crippen LogP contribution in [0.1, 0.15) is 6.42 Å². The van der Waals surface area contributed by atoms with E-state index < -0.39 is 8.18 Å². The van der Waals surface area contributed by atoms with Crippen LogP contribution in [0.4, 0.5) is 0 Å². The van der Waals surface area contributed by atoms with Crippen LogP contribution in [0.25, 0.3) is 0 Å². The smallest absolute Gasteiger partial charge is 0.327 e. The van der Waals surface area contributed by atoms with Crippen LogP contribution in [0.15, 0.2) is 42.5 Å². The molecule has 0 saturated heterocycles. The summed E-state index contributed by atoms with van der Waals surface area (Å²) in [6.45, 7) is 1.14. The van der Waals surface area contributed by atoms with Crippen LogP contribution >= 0.6 is 8.18 Å². The highest BCUT2D eigenvalue weighted by molar-refractivity contribution is 7.37. The summed E-state index contributed by atoms with van der Waals surface area (Å²) in [5, 5.41) is 2.78. The Balaban J connectivity index is 2.19. The van der Waals surface area contributed by atoms with Gasteiger partial charge in [0.2, 0.25) is 0 Å². The van der Waals surface area contributed by atoms with Gasteiger partial charge in [-0.25, -0.2) is 4.52 Å². The van der Waals surface area contributed by atoms with Gasteiger partial charge in [0.15, 0.2) is 5.75 Å². The van der Waals surface area contributed by atoms with Gasteiger partial charge in [0.1, 0.15) is 0 Å². The number of hydrogen-bond acceptors (Lipinski definition) is 3. The monoisotopic (exact) mass is 239 g/mol. The molecule has 4 nitrogen and oxygen atoms in total. The summed E-state index contributed by atoms with van der Waals surface area (Å²) >= 11 is 0. The van der Waals surface area contributed by atoms with E-state index in [2.05, 4.69) is 5.09 Å². The van der Waals surface area contributed by atoms with Gasteiger partial charge in [-0.15, -0.1) is 0 Å². The summed E-state index contributed by atoms with van der Waals surface area (Å²) < 4.78 is 16.6. The number of benzene rings is 1. The average Bonchev–Trinajstić information content (AvgIpc) is 2.30. The van der Waals surface area contributed by atoms with Crippen molar-refractivity contribution in [2.75, 3.05) is 13.1 Å². The second kappa shape index (κ2) is 7.99. The van der Waals surface area contributed by atoms with Crippen molar-refractivity contribution in [1.29, 1.82) is 0 Å². The number of para-hydroxylation sites is 1. The lowest BCUT2D eigenvalue weighted by Gasteiger charge is -1.92. The number of nitrogens with one attached hydrogen (secondary N) is 1. The van der Waals surface area contributed by atoms with E-state index in [4.69, 9.17) is 10.3 Å². The lowest BCUT2D eigenvalue weighted by molar-refractivity contribution is 0.492. The number of rotatable bonds is 7. The minimum absolute atomic E-state index is 0.534. The molecule has 0 fully saturated rings. The second-order valence-electron chi connectivity index (χ2n) is 3.07. The molecule has 0 bridgehead atoms. The van der Waals surface area contributed by atoms with Gasteiger partial charge in [0.05, 0.1) is 0 Å². The van der Waals surface area contributed by atoms with Crippen molar-refractivity contribution in [2.24, 2.45) is 5.73 Å². The fourth-order valence-electron chi connectivity index (χ4n) is 1.06. The molecule has 0 heterocycles. The Labute approximate surface area is 96.4 Å². The predicted octanol–water partition coefficient (Wildman–Crippen LogP) is 2.22. The SMILES string of the molecule is NC/C=C\CCN[P+](=O)Oc1ccccc1. The van der Waals surface area contributed by atoms with Crippen molar-refractivity contribution in [1.82, 2.24) is 5.09 Å². The molecule has 0 aliphatic rings. The van der Waals surface area contributed by atoms with Crippen LogP contribution in [0.5, 0.6) is 5.75 Å². The molecule has 0 aromatic heterocycles. The van der Waals surface area contributed by atoms with Crippen LogP contribution < -0.4 is 15.3 Å². The molecule has 1 aromatic rings. The van der Waals surface area contributed by atoms with Crippen LogP contribution in [0.2, 0.25) is 0 Å². The average molecular weight is 239 g/mol. The van der Waals surface area contributed by atoms with Crippen LogP contribution in [-0.4, -0.2) is 13.1 Å². The Morgan fingerprint density at radius 2 is 2.06 bits per heavy atom. The Morgan fingerprint density at radius 1 is 1.31 bits per heavy atom. The highest BCUT2D eigenvalue weighted by Crippen LogP contribution is 2.22. The molecule has 0 aliphatic heterocycles. The van der Waals surface area contributed by atoms with E-state index in [-0.39, 0.29) is 0 Å². The molecule has 0 aliphatic carbocycles. The van der Waals surface area contributed by atoms with Crippen LogP contribution in [0, 0.1) is 0 Å². The lowest BCUT2D eigenvalue weighted by atomic mass is 10.3. The maximum absolute atomic E-state index is 11.4. The molecule has 3 N–H and O–H groups in total. The van der Waals surface area contributed by atoms with Crippen molar-refractivity contribution < 1.29 is 9.09 Å². The van der Waals surface area contributed by atoms with Gasteiger partial charge >= 0.3 is 8.18 Å². The third-order valence-electron chi connectivity index (χ3n) is 1.79. The summed E-state index contributed by atoms with van der Waals surface area (Å²) in [5.41, 5.74) is 5.28. The van der Waals surface area contributed by atoms with E-state index in [0.29, 0.717) is 18.8 Å². The van der Waals surface area contributed by atoms with Gasteiger partial charge < -0.3 is 5.73 Å². The zero-order valence-electron chi connectivity index (χ0n) is 9.00. The van der Waals surface area contributed by atoms with E-state index >= 15 is 0 Å². The van der Waals surface area contributed by atoms with Crippen molar-refractivity contribution in [3.05, 3.63) is 42.5 Å². The number of hydrogen-bond donors (Lipinski definition) is 2. The topological polar surface area (TPSA) is 64.3 Å². The standard InChI is InChI=1S/C11H16N2O2P/c12-9-5-2-6-10-13-16(14)15-11-7-3-1-4-8-11/h1-5,7-8H,6,9-10,12H2,(H,13,14)/q+1/b5-2-. The van der Waals surface area contributed by atoms with Crippen molar-refractivity contribution in [3.8, 4) is 5.75 Å². The third kappa shape index (κ3) is 5.61. The Hall–Kier alpha value is -1.22. The lowest BCUT2D eigenvalue weighted by Crippen LogP contribution is -2.07. The van der Waals surface area contributed by atoms with Gasteiger partial charge in [-0.3, -0.25) is 0 Å². The highest BCUT2D eigenvalue weighted by Gasteiger charge is 2.17. The zero-order valence-corrected chi connectivity index (χ0v) is 9.90. The normalized spacial score (nSPS) is 11.7. The highest BCUT2D eigenvalue weighted by atomic mass is 31.1. The van der Waals surface area contributed by atoms with Crippen LogP contribution in [0.3, 0.4) is 0 Å². The summed E-state index contributed by atoms with van der Waals surface area (Å²) in [7, 11) is -1.84. The van der Waals surface area contributed by atoms with Gasteiger partial charge in [-0.1, -0.05) is 35.4 Å². The minimum atomic E-state index is -1.84. The molecule has 5 heteroatoms. The first-order valence-corrected chi connectivity index (χ1v) is 6.29. The summed E-state index contributed by atoms with van der Waals surface area (Å²) in [4.78, 5) is 0. The molecular weight excluding hydrogens is 223 g/mol. The molecule has 16 heavy (non-hydrogen) atoms. The maximum atomic E-state index is 11.4. The molecule has 1 atom stereocenters. The van der Waals surface area contributed by atoms with E-state index in [1.807, 2.05) is 30.4 Å². The molecule has 1 aromatic carbocycles. The molecule has 0 saturated carbocycles. The molecule has 1 unspecified atom stereocenters. The van der Waals surface area contributed by atoms with Gasteiger partial charge in [0, 0.05) is 17.7 Å². The van der Waals surface area contributed by atoms with E-state index in [9.17, 15) is 4.57 Å². The molecule has 0 spiro atoms. The minimum Gasteiger partial charge on any atom is -0.327 e. The first-order chi connectivity index (χ1) is 7.83. The third-order valence-corrected chi connectivity index (χ3v) is 2.64. The van der Waals surface area contributed by atoms with Crippen LogP contribution in [-0.2, 0) is 4.57 Å². The first-order valence-electron chi connectivity index (χ1n) is 5.12. The summed E-state index contributed by atoms with van der Waals surface area (Å²) in [5.74, 6) is 0.605. The molecule has 0 radical (unpaired) electrons. The van der Waals surface area contributed by atoms with Gasteiger partial charge in [-0.05, 0) is 18.6 Å². The maximum Gasteiger partial charge on any atom is 0.663 e. The molecule has 86 valence electrons. The van der Waals surface area contributed by atoms with Crippen molar-refractivity contribution >= 4 is 8.18 Å². The fraction of sp³-hybridized carbons (Fsp3) is 0.273. The van der Waals surface area contributed by atoms with Gasteiger partial charge in [0.25, 0.3) is 0 Å². The van der Waals surface area contributed by atoms with E-state index in [1.165, 1.54) is 0 Å². The first kappa shape index (κ1) is 12.8. The predicted molar refractivity (Wildman–Crippen MR) is 65.5 cm³/mol. The molecule has 0 amide bonds. The fourth-order valence-corrected chi connectivity index (χ4v) is 1.75. The quantitative estimate of drug-likeness (QED) is 0.435. The Bertz CT molecular complexity index is 341. The van der Waals surface area contributed by atoms with E-state index in [1.54, 1.807) is 12.1 Å². The van der Waals surface area contributed by atoms with E-state index in [0.717, 1.165) is 6.42 Å². The summed E-state index contributed by atoms with van der Waals surface area (Å²) in [6, 6.07) is 9.09. The Kier molecular flexibility index (Phi) is 6.42.